The van der Waals surface area contributed by atoms with Gasteiger partial charge in [-0.05, 0) is 19.0 Å². The van der Waals surface area contributed by atoms with Crippen LogP contribution in [0.3, 0.4) is 0 Å². The van der Waals surface area contributed by atoms with Crippen LogP contribution < -0.4 is 10.1 Å². The summed E-state index contributed by atoms with van der Waals surface area (Å²) in [5, 5.41) is 12.8. The number of hydrogen-bond acceptors (Lipinski definition) is 3. The third-order valence-electron chi connectivity index (χ3n) is 3.82. The highest BCUT2D eigenvalue weighted by molar-refractivity contribution is 5.69. The van der Waals surface area contributed by atoms with Crippen molar-refractivity contribution in [3.05, 3.63) is 29.8 Å². The van der Waals surface area contributed by atoms with E-state index in [0.29, 0.717) is 6.61 Å². The van der Waals surface area contributed by atoms with Crippen LogP contribution in [-0.4, -0.2) is 24.2 Å². The van der Waals surface area contributed by atoms with E-state index in [4.69, 9.17) is 4.74 Å². The quantitative estimate of drug-likeness (QED) is 0.856. The molecule has 19 heavy (non-hydrogen) atoms. The maximum Gasteiger partial charge on any atom is 0.305 e. The lowest BCUT2D eigenvalue weighted by molar-refractivity contribution is -0.140. The van der Waals surface area contributed by atoms with Crippen molar-refractivity contribution in [2.45, 2.75) is 32.2 Å². The fourth-order valence-corrected chi connectivity index (χ4v) is 2.77. The molecule has 0 aliphatic carbocycles. The molecule has 0 saturated heterocycles. The molecule has 2 rings (SSSR count). The van der Waals surface area contributed by atoms with E-state index in [1.54, 1.807) is 0 Å². The number of hydrogen-bond donors (Lipinski definition) is 2. The zero-order valence-corrected chi connectivity index (χ0v) is 11.5. The number of aliphatic carboxylic acids is 1. The van der Waals surface area contributed by atoms with Crippen molar-refractivity contribution < 1.29 is 14.6 Å². The first-order valence-electron chi connectivity index (χ1n) is 6.79. The maximum atomic E-state index is 11.3. The van der Waals surface area contributed by atoms with Crippen LogP contribution in [0.2, 0.25) is 0 Å². The van der Waals surface area contributed by atoms with Gasteiger partial charge in [-0.3, -0.25) is 4.79 Å². The molecule has 0 saturated carbocycles. The smallest absolute Gasteiger partial charge is 0.305 e. The van der Waals surface area contributed by atoms with E-state index in [2.05, 4.69) is 12.2 Å². The third kappa shape index (κ3) is 2.59. The van der Waals surface area contributed by atoms with Crippen molar-refractivity contribution in [3.8, 4) is 5.75 Å². The Bertz CT molecular complexity index is 460. The van der Waals surface area contributed by atoms with Gasteiger partial charge in [-0.15, -0.1) is 0 Å². The van der Waals surface area contributed by atoms with Gasteiger partial charge in [0.1, 0.15) is 5.75 Å². The molecule has 1 heterocycles. The molecule has 0 amide bonds. The molecular weight excluding hydrogens is 242 g/mol. The summed E-state index contributed by atoms with van der Waals surface area (Å²) in [6, 6.07) is 7.73. The number of fused-ring (bicyclic) bond motifs is 1. The second-order valence-electron chi connectivity index (χ2n) is 5.18. The number of para-hydroxylation sites is 1. The van der Waals surface area contributed by atoms with Crippen LogP contribution in [0.15, 0.2) is 24.3 Å². The summed E-state index contributed by atoms with van der Waals surface area (Å²) in [4.78, 5) is 11.3. The van der Waals surface area contributed by atoms with E-state index in [9.17, 15) is 9.90 Å². The number of nitrogens with one attached hydrogen (secondary N) is 1. The Labute approximate surface area is 113 Å². The van der Waals surface area contributed by atoms with Gasteiger partial charge in [-0.2, -0.15) is 0 Å². The molecule has 1 aromatic rings. The molecule has 0 radical (unpaired) electrons. The Morgan fingerprint density at radius 2 is 2.26 bits per heavy atom. The summed E-state index contributed by atoms with van der Waals surface area (Å²) in [6.07, 6.45) is 1.05. The number of rotatable bonds is 5. The summed E-state index contributed by atoms with van der Waals surface area (Å²) in [6.45, 7) is 5.46. The lowest BCUT2D eigenvalue weighted by atomic mass is 9.74. The molecule has 0 spiro atoms. The molecule has 1 aliphatic heterocycles. The van der Waals surface area contributed by atoms with Crippen LogP contribution in [0.5, 0.6) is 5.75 Å². The van der Waals surface area contributed by atoms with Crippen LogP contribution in [0, 0.1) is 5.92 Å². The molecule has 1 aromatic carbocycles. The second-order valence-corrected chi connectivity index (χ2v) is 5.18. The molecule has 4 heteroatoms. The van der Waals surface area contributed by atoms with E-state index < -0.39 is 11.5 Å². The highest BCUT2D eigenvalue weighted by atomic mass is 16.5. The third-order valence-corrected chi connectivity index (χ3v) is 3.82. The minimum atomic E-state index is -0.785. The molecule has 0 bridgehead atoms. The zero-order valence-electron chi connectivity index (χ0n) is 11.5. The monoisotopic (exact) mass is 263 g/mol. The highest BCUT2D eigenvalue weighted by Crippen LogP contribution is 2.42. The van der Waals surface area contributed by atoms with E-state index in [0.717, 1.165) is 24.3 Å². The molecule has 1 aliphatic rings. The van der Waals surface area contributed by atoms with Gasteiger partial charge in [-0.1, -0.05) is 32.0 Å². The predicted octanol–water partition coefficient (Wildman–Crippen LogP) is 2.38. The van der Waals surface area contributed by atoms with Gasteiger partial charge >= 0.3 is 5.97 Å². The van der Waals surface area contributed by atoms with Gasteiger partial charge in [0.2, 0.25) is 0 Å². The van der Waals surface area contributed by atoms with Gasteiger partial charge < -0.3 is 15.2 Å². The lowest BCUT2D eigenvalue weighted by Gasteiger charge is -2.43. The standard InChI is InChI=1S/C15H21NO3/c1-3-8-16-15(9-14(17)18)11(2)10-19-13-7-5-4-6-12(13)15/h4-7,11,16H,3,8-10H2,1-2H3,(H,17,18). The molecule has 2 unspecified atom stereocenters. The Morgan fingerprint density at radius 1 is 1.53 bits per heavy atom. The second kappa shape index (κ2) is 5.61. The minimum absolute atomic E-state index is 0.0779. The highest BCUT2D eigenvalue weighted by Gasteiger charge is 2.44. The van der Waals surface area contributed by atoms with Crippen molar-refractivity contribution in [1.29, 1.82) is 0 Å². The SMILES string of the molecule is CCCNC1(CC(=O)O)c2ccccc2OCC1C. The van der Waals surface area contributed by atoms with Gasteiger partial charge in [0.25, 0.3) is 0 Å². The number of ether oxygens (including phenoxy) is 1. The molecular formula is C15H21NO3. The number of carboxylic acid groups (broad SMARTS) is 1. The van der Waals surface area contributed by atoms with Crippen LogP contribution >= 0.6 is 0 Å². The van der Waals surface area contributed by atoms with Crippen LogP contribution in [-0.2, 0) is 10.3 Å². The summed E-state index contributed by atoms with van der Waals surface area (Å²) in [5.74, 6) is 0.127. The summed E-state index contributed by atoms with van der Waals surface area (Å²) < 4.78 is 5.72. The Kier molecular flexibility index (Phi) is 4.10. The summed E-state index contributed by atoms with van der Waals surface area (Å²) in [7, 11) is 0. The molecule has 0 aromatic heterocycles. The average Bonchev–Trinajstić information content (AvgIpc) is 2.40. The Balaban J connectivity index is 2.46. The van der Waals surface area contributed by atoms with Crippen molar-refractivity contribution in [2.75, 3.05) is 13.2 Å². The van der Waals surface area contributed by atoms with Crippen molar-refractivity contribution in [3.63, 3.8) is 0 Å². The first kappa shape index (κ1) is 13.9. The molecule has 2 atom stereocenters. The van der Waals surface area contributed by atoms with Crippen molar-refractivity contribution >= 4 is 5.97 Å². The molecule has 4 nitrogen and oxygen atoms in total. The summed E-state index contributed by atoms with van der Waals surface area (Å²) in [5.41, 5.74) is 0.432. The molecule has 2 N–H and O–H groups in total. The van der Waals surface area contributed by atoms with E-state index >= 15 is 0 Å². The normalized spacial score (nSPS) is 25.5. The van der Waals surface area contributed by atoms with Gasteiger partial charge in [0, 0.05) is 11.5 Å². The topological polar surface area (TPSA) is 58.6 Å². The van der Waals surface area contributed by atoms with Crippen LogP contribution in [0.25, 0.3) is 0 Å². The fraction of sp³-hybridized carbons (Fsp3) is 0.533. The van der Waals surface area contributed by atoms with E-state index in [-0.39, 0.29) is 12.3 Å². The average molecular weight is 263 g/mol. The minimum Gasteiger partial charge on any atom is -0.493 e. The van der Waals surface area contributed by atoms with Crippen molar-refractivity contribution in [1.82, 2.24) is 5.32 Å². The Hall–Kier alpha value is -1.55. The molecule has 0 fully saturated rings. The van der Waals surface area contributed by atoms with E-state index in [1.165, 1.54) is 0 Å². The lowest BCUT2D eigenvalue weighted by Crippen LogP contribution is -2.53. The first-order valence-corrected chi connectivity index (χ1v) is 6.79. The number of benzene rings is 1. The first-order chi connectivity index (χ1) is 9.10. The fourth-order valence-electron chi connectivity index (χ4n) is 2.77. The van der Waals surface area contributed by atoms with Gasteiger partial charge in [0.05, 0.1) is 18.6 Å². The number of carboxylic acids is 1. The number of carbonyl (C=O) groups is 1. The van der Waals surface area contributed by atoms with Gasteiger partial charge in [0.15, 0.2) is 0 Å². The van der Waals surface area contributed by atoms with Gasteiger partial charge in [-0.25, -0.2) is 0 Å². The largest absolute Gasteiger partial charge is 0.493 e. The zero-order chi connectivity index (χ0) is 13.9. The van der Waals surface area contributed by atoms with Crippen LogP contribution in [0.1, 0.15) is 32.3 Å². The van der Waals surface area contributed by atoms with Crippen LogP contribution in [0.4, 0.5) is 0 Å². The molecule has 104 valence electrons. The van der Waals surface area contributed by atoms with Crippen molar-refractivity contribution in [2.24, 2.45) is 5.92 Å². The predicted molar refractivity (Wildman–Crippen MR) is 73.3 cm³/mol. The summed E-state index contributed by atoms with van der Waals surface area (Å²) >= 11 is 0. The Morgan fingerprint density at radius 3 is 2.95 bits per heavy atom. The maximum absolute atomic E-state index is 11.3. The van der Waals surface area contributed by atoms with E-state index in [1.807, 2.05) is 31.2 Å².